The number of thioether (sulfide) groups is 1. The molecule has 1 atom stereocenters. The van der Waals surface area contributed by atoms with Gasteiger partial charge in [0.15, 0.2) is 0 Å². The molecule has 0 saturated heterocycles. The Morgan fingerprint density at radius 3 is 2.56 bits per heavy atom. The maximum absolute atomic E-state index is 9.12. The average molecular weight is 239 g/mol. The van der Waals surface area contributed by atoms with Crippen LogP contribution in [0.25, 0.3) is 0 Å². The van der Waals surface area contributed by atoms with Gasteiger partial charge in [0.2, 0.25) is 0 Å². The summed E-state index contributed by atoms with van der Waals surface area (Å²) in [7, 11) is 0. The van der Waals surface area contributed by atoms with Gasteiger partial charge in [0, 0.05) is 10.9 Å². The number of nitrogens with one attached hydrogen (secondary N) is 1. The molecule has 90 valence electrons. The van der Waals surface area contributed by atoms with Crippen molar-refractivity contribution in [1.82, 2.24) is 5.32 Å². The summed E-state index contributed by atoms with van der Waals surface area (Å²) >= 11 is 1.85. The van der Waals surface area contributed by atoms with Crippen molar-refractivity contribution in [2.24, 2.45) is 0 Å². The smallest absolute Gasteiger partial charge is 0.0584 e. The Kier molecular flexibility index (Phi) is 6.53. The maximum atomic E-state index is 9.12. The van der Waals surface area contributed by atoms with Gasteiger partial charge in [-0.05, 0) is 37.8 Å². The highest BCUT2D eigenvalue weighted by Crippen LogP contribution is 2.19. The second kappa shape index (κ2) is 7.71. The number of hydrogen-bond acceptors (Lipinski definition) is 3. The highest BCUT2D eigenvalue weighted by molar-refractivity contribution is 7.99. The molecule has 0 amide bonds. The molecule has 0 aliphatic heterocycles. The standard InChI is InChI=1S/C13H21NOS/c1-3-14-12(10-15)8-9-16-13-6-4-11(2)5-7-13/h4-7,12,14-15H,3,8-10H2,1-2H3. The largest absolute Gasteiger partial charge is 0.395 e. The molecule has 0 heterocycles. The number of aliphatic hydroxyl groups is 1. The zero-order valence-corrected chi connectivity index (χ0v) is 10.9. The first kappa shape index (κ1) is 13.6. The van der Waals surface area contributed by atoms with Gasteiger partial charge in [-0.2, -0.15) is 0 Å². The summed E-state index contributed by atoms with van der Waals surface area (Å²) in [4.78, 5) is 1.30. The molecule has 0 aliphatic carbocycles. The fourth-order valence-electron chi connectivity index (χ4n) is 1.50. The van der Waals surface area contributed by atoms with E-state index in [1.165, 1.54) is 10.5 Å². The number of likely N-dealkylation sites (N-methyl/N-ethyl adjacent to an activating group) is 1. The molecule has 0 aliphatic rings. The topological polar surface area (TPSA) is 32.3 Å². The third-order valence-electron chi connectivity index (χ3n) is 2.47. The molecule has 0 radical (unpaired) electrons. The molecule has 0 aromatic heterocycles. The van der Waals surface area contributed by atoms with E-state index in [-0.39, 0.29) is 12.6 Å². The lowest BCUT2D eigenvalue weighted by molar-refractivity contribution is 0.242. The molecular formula is C13H21NOS. The van der Waals surface area contributed by atoms with Crippen molar-refractivity contribution in [2.45, 2.75) is 31.2 Å². The van der Waals surface area contributed by atoms with Crippen LogP contribution in [-0.4, -0.2) is 30.1 Å². The van der Waals surface area contributed by atoms with Crippen LogP contribution in [0.15, 0.2) is 29.2 Å². The van der Waals surface area contributed by atoms with E-state index in [1.54, 1.807) is 0 Å². The number of rotatable bonds is 7. The zero-order chi connectivity index (χ0) is 11.8. The first-order chi connectivity index (χ1) is 7.76. The fraction of sp³-hybridized carbons (Fsp3) is 0.538. The summed E-state index contributed by atoms with van der Waals surface area (Å²) in [5.41, 5.74) is 1.30. The molecule has 2 N–H and O–H groups in total. The quantitative estimate of drug-likeness (QED) is 0.717. The number of benzene rings is 1. The van der Waals surface area contributed by atoms with Crippen molar-refractivity contribution in [3.63, 3.8) is 0 Å². The highest BCUT2D eigenvalue weighted by Gasteiger charge is 2.04. The van der Waals surface area contributed by atoms with Crippen LogP contribution in [0.1, 0.15) is 18.9 Å². The minimum Gasteiger partial charge on any atom is -0.395 e. The lowest BCUT2D eigenvalue weighted by Crippen LogP contribution is -2.32. The normalized spacial score (nSPS) is 12.7. The predicted octanol–water partition coefficient (Wildman–Crippen LogP) is 2.45. The van der Waals surface area contributed by atoms with Crippen molar-refractivity contribution < 1.29 is 5.11 Å². The van der Waals surface area contributed by atoms with Gasteiger partial charge in [-0.25, -0.2) is 0 Å². The molecule has 2 nitrogen and oxygen atoms in total. The van der Waals surface area contributed by atoms with E-state index in [2.05, 4.69) is 43.4 Å². The molecule has 1 aromatic rings. The highest BCUT2D eigenvalue weighted by atomic mass is 32.2. The van der Waals surface area contributed by atoms with Crippen molar-refractivity contribution in [3.8, 4) is 0 Å². The first-order valence-electron chi connectivity index (χ1n) is 5.80. The van der Waals surface area contributed by atoms with Crippen LogP contribution < -0.4 is 5.32 Å². The molecule has 1 aromatic carbocycles. The maximum Gasteiger partial charge on any atom is 0.0584 e. The number of hydrogen-bond donors (Lipinski definition) is 2. The number of aryl methyl sites for hydroxylation is 1. The van der Waals surface area contributed by atoms with E-state index in [1.807, 2.05) is 11.8 Å². The molecular weight excluding hydrogens is 218 g/mol. The lowest BCUT2D eigenvalue weighted by Gasteiger charge is -2.14. The van der Waals surface area contributed by atoms with Crippen LogP contribution in [-0.2, 0) is 0 Å². The van der Waals surface area contributed by atoms with E-state index in [9.17, 15) is 0 Å². The molecule has 0 saturated carbocycles. The Hall–Kier alpha value is -0.510. The summed E-state index contributed by atoms with van der Waals surface area (Å²) in [5.74, 6) is 1.04. The van der Waals surface area contributed by atoms with E-state index in [4.69, 9.17) is 5.11 Å². The Morgan fingerprint density at radius 1 is 1.31 bits per heavy atom. The van der Waals surface area contributed by atoms with Crippen molar-refractivity contribution >= 4 is 11.8 Å². The molecule has 0 fully saturated rings. The van der Waals surface area contributed by atoms with Gasteiger partial charge in [-0.3, -0.25) is 0 Å². The summed E-state index contributed by atoms with van der Waals surface area (Å²) in [6.45, 7) is 5.31. The van der Waals surface area contributed by atoms with Gasteiger partial charge in [0.25, 0.3) is 0 Å². The summed E-state index contributed by atoms with van der Waals surface area (Å²) in [6.07, 6.45) is 1.00. The van der Waals surface area contributed by atoms with Crippen molar-refractivity contribution in [1.29, 1.82) is 0 Å². The Bertz CT molecular complexity index is 286. The van der Waals surface area contributed by atoms with Gasteiger partial charge in [-0.15, -0.1) is 11.8 Å². The van der Waals surface area contributed by atoms with Crippen LogP contribution in [0.3, 0.4) is 0 Å². The van der Waals surface area contributed by atoms with Gasteiger partial charge >= 0.3 is 0 Å². The van der Waals surface area contributed by atoms with Crippen LogP contribution in [0.4, 0.5) is 0 Å². The van der Waals surface area contributed by atoms with Crippen molar-refractivity contribution in [2.75, 3.05) is 18.9 Å². The third-order valence-corrected chi connectivity index (χ3v) is 3.51. The summed E-state index contributed by atoms with van der Waals surface area (Å²) < 4.78 is 0. The molecule has 1 unspecified atom stereocenters. The van der Waals surface area contributed by atoms with E-state index in [0.29, 0.717) is 0 Å². The van der Waals surface area contributed by atoms with Gasteiger partial charge in [0.1, 0.15) is 0 Å². The molecule has 0 bridgehead atoms. The minimum atomic E-state index is 0.225. The Morgan fingerprint density at radius 2 is 2.00 bits per heavy atom. The zero-order valence-electron chi connectivity index (χ0n) is 10.1. The van der Waals surface area contributed by atoms with E-state index >= 15 is 0 Å². The van der Waals surface area contributed by atoms with Crippen LogP contribution in [0.2, 0.25) is 0 Å². The minimum absolute atomic E-state index is 0.225. The van der Waals surface area contributed by atoms with Gasteiger partial charge in [0.05, 0.1) is 6.61 Å². The molecule has 1 rings (SSSR count). The number of aliphatic hydroxyl groups excluding tert-OH is 1. The van der Waals surface area contributed by atoms with Crippen LogP contribution in [0, 0.1) is 6.92 Å². The second-order valence-corrected chi connectivity index (χ2v) is 5.06. The SMILES string of the molecule is CCNC(CO)CCSc1ccc(C)cc1. The van der Waals surface area contributed by atoms with Crippen molar-refractivity contribution in [3.05, 3.63) is 29.8 Å². The Labute approximate surface area is 102 Å². The van der Waals surface area contributed by atoms with Crippen LogP contribution in [0.5, 0.6) is 0 Å². The fourth-order valence-corrected chi connectivity index (χ4v) is 2.47. The van der Waals surface area contributed by atoms with Gasteiger partial charge < -0.3 is 10.4 Å². The van der Waals surface area contributed by atoms with E-state index in [0.717, 1.165) is 18.7 Å². The van der Waals surface area contributed by atoms with Gasteiger partial charge in [-0.1, -0.05) is 24.6 Å². The first-order valence-corrected chi connectivity index (χ1v) is 6.78. The van der Waals surface area contributed by atoms with Crippen LogP contribution >= 0.6 is 11.8 Å². The molecule has 16 heavy (non-hydrogen) atoms. The average Bonchev–Trinajstić information content (AvgIpc) is 2.30. The lowest BCUT2D eigenvalue weighted by atomic mass is 10.2. The third kappa shape index (κ3) is 5.01. The monoisotopic (exact) mass is 239 g/mol. The Balaban J connectivity index is 2.26. The molecule has 0 spiro atoms. The summed E-state index contributed by atoms with van der Waals surface area (Å²) in [6, 6.07) is 8.82. The molecule has 3 heteroatoms. The van der Waals surface area contributed by atoms with E-state index < -0.39 is 0 Å². The second-order valence-electron chi connectivity index (χ2n) is 3.89. The predicted molar refractivity (Wildman–Crippen MR) is 71.1 cm³/mol. The summed E-state index contributed by atoms with van der Waals surface area (Å²) in [5, 5.41) is 12.4.